The minimum Gasteiger partial charge on any atom is -0.237 e. The standard InChI is InChI=1S/C14H12N4S/c1-9-6-7-15-13(16-9)11-4-3-5-12(8-11)14-18-17-10(2)19-14/h3-8H,1-2H3. The van der Waals surface area contributed by atoms with Crippen molar-refractivity contribution in [1.82, 2.24) is 20.2 Å². The number of hydrogen-bond donors (Lipinski definition) is 0. The minimum atomic E-state index is 0.739. The lowest BCUT2D eigenvalue weighted by Gasteiger charge is -2.02. The van der Waals surface area contributed by atoms with Crippen LogP contribution in [0.2, 0.25) is 0 Å². The number of aromatic nitrogens is 4. The molecule has 0 aliphatic heterocycles. The molecule has 0 aliphatic carbocycles. The van der Waals surface area contributed by atoms with Crippen molar-refractivity contribution in [1.29, 1.82) is 0 Å². The topological polar surface area (TPSA) is 51.6 Å². The van der Waals surface area contributed by atoms with Crippen LogP contribution >= 0.6 is 11.3 Å². The van der Waals surface area contributed by atoms with Gasteiger partial charge in [-0.1, -0.05) is 29.5 Å². The Balaban J connectivity index is 2.05. The molecule has 5 heteroatoms. The average molecular weight is 268 g/mol. The molecule has 0 atom stereocenters. The molecule has 2 heterocycles. The summed E-state index contributed by atoms with van der Waals surface area (Å²) in [6.45, 7) is 3.91. The number of aryl methyl sites for hydroxylation is 2. The molecule has 0 radical (unpaired) electrons. The van der Waals surface area contributed by atoms with Crippen LogP contribution in [0.25, 0.3) is 22.0 Å². The maximum absolute atomic E-state index is 4.44. The first kappa shape index (κ1) is 11.9. The van der Waals surface area contributed by atoms with E-state index in [0.717, 1.165) is 32.7 Å². The van der Waals surface area contributed by atoms with E-state index in [9.17, 15) is 0 Å². The molecule has 3 aromatic rings. The predicted molar refractivity (Wildman–Crippen MR) is 75.8 cm³/mol. The fourth-order valence-corrected chi connectivity index (χ4v) is 2.48. The summed E-state index contributed by atoms with van der Waals surface area (Å²) in [6.07, 6.45) is 1.78. The first-order chi connectivity index (χ1) is 9.22. The van der Waals surface area contributed by atoms with Crippen LogP contribution in [0.15, 0.2) is 36.5 Å². The van der Waals surface area contributed by atoms with Crippen LogP contribution in [-0.2, 0) is 0 Å². The highest BCUT2D eigenvalue weighted by atomic mass is 32.1. The van der Waals surface area contributed by atoms with Crippen molar-refractivity contribution in [3.63, 3.8) is 0 Å². The smallest absolute Gasteiger partial charge is 0.159 e. The van der Waals surface area contributed by atoms with Crippen molar-refractivity contribution < 1.29 is 0 Å². The van der Waals surface area contributed by atoms with E-state index in [2.05, 4.69) is 26.2 Å². The van der Waals surface area contributed by atoms with Crippen LogP contribution in [-0.4, -0.2) is 20.2 Å². The molecular weight excluding hydrogens is 256 g/mol. The molecule has 0 amide bonds. The van der Waals surface area contributed by atoms with Crippen LogP contribution in [0.1, 0.15) is 10.7 Å². The molecule has 0 N–H and O–H groups in total. The van der Waals surface area contributed by atoms with Gasteiger partial charge in [-0.15, -0.1) is 10.2 Å². The second kappa shape index (κ2) is 4.85. The zero-order valence-corrected chi connectivity index (χ0v) is 11.5. The van der Waals surface area contributed by atoms with Crippen LogP contribution in [0.5, 0.6) is 0 Å². The summed E-state index contributed by atoms with van der Waals surface area (Å²) in [5.41, 5.74) is 3.00. The predicted octanol–water partition coefficient (Wildman–Crippen LogP) is 3.28. The van der Waals surface area contributed by atoms with Gasteiger partial charge in [-0.2, -0.15) is 0 Å². The molecule has 4 nitrogen and oxygen atoms in total. The quantitative estimate of drug-likeness (QED) is 0.715. The van der Waals surface area contributed by atoms with Crippen molar-refractivity contribution >= 4 is 11.3 Å². The Labute approximate surface area is 115 Å². The van der Waals surface area contributed by atoms with Gasteiger partial charge in [-0.3, -0.25) is 0 Å². The molecular formula is C14H12N4S. The van der Waals surface area contributed by atoms with E-state index in [1.165, 1.54) is 0 Å². The van der Waals surface area contributed by atoms with E-state index in [0.29, 0.717) is 0 Å². The zero-order valence-electron chi connectivity index (χ0n) is 10.7. The molecule has 0 bridgehead atoms. The normalized spacial score (nSPS) is 10.6. The molecule has 2 aromatic heterocycles. The summed E-state index contributed by atoms with van der Waals surface area (Å²) in [6, 6.07) is 9.97. The third-order valence-electron chi connectivity index (χ3n) is 2.69. The lowest BCUT2D eigenvalue weighted by Crippen LogP contribution is -1.90. The van der Waals surface area contributed by atoms with Gasteiger partial charge in [0.25, 0.3) is 0 Å². The van der Waals surface area contributed by atoms with Crippen molar-refractivity contribution in [3.05, 3.63) is 47.2 Å². The van der Waals surface area contributed by atoms with Crippen LogP contribution < -0.4 is 0 Å². The van der Waals surface area contributed by atoms with Gasteiger partial charge >= 0.3 is 0 Å². The van der Waals surface area contributed by atoms with Gasteiger partial charge in [0.2, 0.25) is 0 Å². The first-order valence-electron chi connectivity index (χ1n) is 5.93. The average Bonchev–Trinajstić information content (AvgIpc) is 2.86. The lowest BCUT2D eigenvalue weighted by atomic mass is 10.1. The molecule has 1 aromatic carbocycles. The highest BCUT2D eigenvalue weighted by Crippen LogP contribution is 2.26. The van der Waals surface area contributed by atoms with Gasteiger partial charge in [-0.25, -0.2) is 9.97 Å². The van der Waals surface area contributed by atoms with E-state index < -0.39 is 0 Å². The van der Waals surface area contributed by atoms with E-state index in [4.69, 9.17) is 0 Å². The number of nitrogens with zero attached hydrogens (tertiary/aromatic N) is 4. The Morgan fingerprint density at radius 3 is 2.58 bits per heavy atom. The second-order valence-corrected chi connectivity index (χ2v) is 5.41. The highest BCUT2D eigenvalue weighted by molar-refractivity contribution is 7.14. The number of benzene rings is 1. The fraction of sp³-hybridized carbons (Fsp3) is 0.143. The number of rotatable bonds is 2. The van der Waals surface area contributed by atoms with Crippen molar-refractivity contribution in [2.45, 2.75) is 13.8 Å². The molecule has 0 saturated heterocycles. The Morgan fingerprint density at radius 1 is 1.00 bits per heavy atom. The van der Waals surface area contributed by atoms with Crippen molar-refractivity contribution in [3.8, 4) is 22.0 Å². The molecule has 3 rings (SSSR count). The second-order valence-electron chi connectivity index (χ2n) is 4.23. The van der Waals surface area contributed by atoms with E-state index in [1.807, 2.05) is 38.1 Å². The van der Waals surface area contributed by atoms with Gasteiger partial charge < -0.3 is 0 Å². The molecule has 0 fully saturated rings. The minimum absolute atomic E-state index is 0.739. The lowest BCUT2D eigenvalue weighted by molar-refractivity contribution is 1.05. The summed E-state index contributed by atoms with van der Waals surface area (Å²) in [7, 11) is 0. The Kier molecular flexibility index (Phi) is 3.05. The Morgan fingerprint density at radius 2 is 1.84 bits per heavy atom. The van der Waals surface area contributed by atoms with Gasteiger partial charge in [0.15, 0.2) is 5.82 Å². The van der Waals surface area contributed by atoms with Crippen LogP contribution in [0, 0.1) is 13.8 Å². The third kappa shape index (κ3) is 2.51. The molecule has 0 unspecified atom stereocenters. The zero-order chi connectivity index (χ0) is 13.2. The molecule has 19 heavy (non-hydrogen) atoms. The highest BCUT2D eigenvalue weighted by Gasteiger charge is 2.07. The first-order valence-corrected chi connectivity index (χ1v) is 6.74. The van der Waals surface area contributed by atoms with Crippen LogP contribution in [0.4, 0.5) is 0 Å². The Bertz CT molecular complexity index is 721. The van der Waals surface area contributed by atoms with E-state index in [-0.39, 0.29) is 0 Å². The monoisotopic (exact) mass is 268 g/mol. The molecule has 94 valence electrons. The van der Waals surface area contributed by atoms with Crippen LogP contribution in [0.3, 0.4) is 0 Å². The largest absolute Gasteiger partial charge is 0.237 e. The molecule has 0 spiro atoms. The summed E-state index contributed by atoms with van der Waals surface area (Å²) < 4.78 is 0. The molecule has 0 saturated carbocycles. The summed E-state index contributed by atoms with van der Waals surface area (Å²) >= 11 is 1.58. The van der Waals surface area contributed by atoms with Crippen molar-refractivity contribution in [2.75, 3.05) is 0 Å². The summed E-state index contributed by atoms with van der Waals surface area (Å²) in [5, 5.41) is 10.1. The van der Waals surface area contributed by atoms with E-state index >= 15 is 0 Å². The fourth-order valence-electron chi connectivity index (χ4n) is 1.79. The van der Waals surface area contributed by atoms with Gasteiger partial charge in [0.1, 0.15) is 10.0 Å². The molecule has 0 aliphatic rings. The Hall–Kier alpha value is -2.14. The maximum Gasteiger partial charge on any atom is 0.159 e. The van der Waals surface area contributed by atoms with Crippen molar-refractivity contribution in [2.24, 2.45) is 0 Å². The van der Waals surface area contributed by atoms with Gasteiger partial charge in [0.05, 0.1) is 0 Å². The van der Waals surface area contributed by atoms with Gasteiger partial charge in [0, 0.05) is 23.0 Å². The SMILES string of the molecule is Cc1ccnc(-c2cccc(-c3nnc(C)s3)c2)n1. The summed E-state index contributed by atoms with van der Waals surface area (Å²) in [4.78, 5) is 8.75. The van der Waals surface area contributed by atoms with E-state index in [1.54, 1.807) is 17.5 Å². The third-order valence-corrected chi connectivity index (χ3v) is 3.58. The summed E-state index contributed by atoms with van der Waals surface area (Å²) in [5.74, 6) is 0.739. The number of hydrogen-bond acceptors (Lipinski definition) is 5. The maximum atomic E-state index is 4.44. The van der Waals surface area contributed by atoms with Gasteiger partial charge in [-0.05, 0) is 26.0 Å².